The number of thiophene rings is 1. The molecule has 6 nitrogen and oxygen atoms in total. The molecule has 2 aromatic heterocycles. The predicted octanol–water partition coefficient (Wildman–Crippen LogP) is 1.40. The van der Waals surface area contributed by atoms with E-state index in [-0.39, 0.29) is 12.1 Å². The monoisotopic (exact) mass is 333 g/mol. The van der Waals surface area contributed by atoms with Crippen LogP contribution in [0.25, 0.3) is 0 Å². The smallest absolute Gasteiger partial charge is 0.150 e. The summed E-state index contributed by atoms with van der Waals surface area (Å²) < 4.78 is 2.26. The van der Waals surface area contributed by atoms with Gasteiger partial charge in [-0.05, 0) is 32.5 Å². The fourth-order valence-electron chi connectivity index (χ4n) is 3.68. The van der Waals surface area contributed by atoms with Crippen LogP contribution in [0.2, 0.25) is 0 Å². The van der Waals surface area contributed by atoms with E-state index in [1.54, 1.807) is 0 Å². The summed E-state index contributed by atoms with van der Waals surface area (Å²) in [6, 6.07) is 4.60. The van der Waals surface area contributed by atoms with Crippen molar-refractivity contribution < 1.29 is 5.11 Å². The highest BCUT2D eigenvalue weighted by Gasteiger charge is 2.34. The molecule has 2 aliphatic rings. The molecule has 1 saturated heterocycles. The SMILES string of the molecule is Cc1ccc(CN2CCn3c(nnc3[C@@H]3C[C@@H](O)CN3C)C2)s1. The number of fused-ring (bicyclic) bond motifs is 1. The summed E-state index contributed by atoms with van der Waals surface area (Å²) in [5, 5.41) is 18.7. The summed E-state index contributed by atoms with van der Waals surface area (Å²) in [6.07, 6.45) is 0.507. The number of aryl methyl sites for hydroxylation is 1. The molecule has 2 aliphatic heterocycles. The first-order valence-electron chi connectivity index (χ1n) is 8.18. The molecule has 4 rings (SSSR count). The molecule has 1 N–H and O–H groups in total. The van der Waals surface area contributed by atoms with Gasteiger partial charge in [-0.2, -0.15) is 0 Å². The van der Waals surface area contributed by atoms with E-state index in [1.807, 2.05) is 11.3 Å². The Kier molecular flexibility index (Phi) is 3.96. The molecule has 0 aromatic carbocycles. The Balaban J connectivity index is 1.49. The van der Waals surface area contributed by atoms with Crippen LogP contribution in [0, 0.1) is 6.92 Å². The minimum Gasteiger partial charge on any atom is -0.392 e. The van der Waals surface area contributed by atoms with Crippen molar-refractivity contribution in [1.29, 1.82) is 0 Å². The lowest BCUT2D eigenvalue weighted by Crippen LogP contribution is -2.34. The molecule has 0 amide bonds. The average molecular weight is 333 g/mol. The van der Waals surface area contributed by atoms with Gasteiger partial charge in [0.25, 0.3) is 0 Å². The number of hydrogen-bond acceptors (Lipinski definition) is 6. The summed E-state index contributed by atoms with van der Waals surface area (Å²) in [7, 11) is 2.05. The van der Waals surface area contributed by atoms with Gasteiger partial charge in [0, 0.05) is 35.9 Å². The summed E-state index contributed by atoms with van der Waals surface area (Å²) in [6.45, 7) is 6.67. The zero-order chi connectivity index (χ0) is 16.0. The number of nitrogens with zero attached hydrogens (tertiary/aromatic N) is 5. The Labute approximate surface area is 140 Å². The third-order valence-electron chi connectivity index (χ3n) is 4.86. The lowest BCUT2D eigenvalue weighted by molar-refractivity contribution is 0.182. The lowest BCUT2D eigenvalue weighted by Gasteiger charge is -2.28. The van der Waals surface area contributed by atoms with Gasteiger partial charge in [0.15, 0.2) is 5.82 Å². The normalized spacial score (nSPS) is 25.9. The summed E-state index contributed by atoms with van der Waals surface area (Å²) >= 11 is 1.87. The Morgan fingerprint density at radius 3 is 2.87 bits per heavy atom. The Hall–Kier alpha value is -1.28. The van der Waals surface area contributed by atoms with E-state index in [1.165, 1.54) is 9.75 Å². The van der Waals surface area contributed by atoms with Crippen LogP contribution < -0.4 is 0 Å². The molecule has 0 unspecified atom stereocenters. The van der Waals surface area contributed by atoms with Crippen molar-refractivity contribution in [3.8, 4) is 0 Å². The molecule has 7 heteroatoms. The number of aliphatic hydroxyl groups is 1. The van der Waals surface area contributed by atoms with Crippen LogP contribution in [-0.2, 0) is 19.6 Å². The van der Waals surface area contributed by atoms with Crippen molar-refractivity contribution in [2.45, 2.75) is 45.1 Å². The maximum absolute atomic E-state index is 9.87. The third kappa shape index (κ3) is 2.94. The van der Waals surface area contributed by atoms with Crippen LogP contribution in [0.5, 0.6) is 0 Å². The number of rotatable bonds is 3. The fourth-order valence-corrected chi connectivity index (χ4v) is 4.61. The van der Waals surface area contributed by atoms with Gasteiger partial charge in [-0.15, -0.1) is 21.5 Å². The van der Waals surface area contributed by atoms with Gasteiger partial charge in [-0.3, -0.25) is 9.80 Å². The van der Waals surface area contributed by atoms with E-state index in [4.69, 9.17) is 0 Å². The van der Waals surface area contributed by atoms with Gasteiger partial charge in [0.05, 0.1) is 18.7 Å². The predicted molar refractivity (Wildman–Crippen MR) is 89.2 cm³/mol. The number of likely N-dealkylation sites (tertiary alicyclic amines) is 1. The fraction of sp³-hybridized carbons (Fsp3) is 0.625. The Morgan fingerprint density at radius 1 is 1.30 bits per heavy atom. The van der Waals surface area contributed by atoms with Gasteiger partial charge in [-0.1, -0.05) is 0 Å². The highest BCUT2D eigenvalue weighted by Crippen LogP contribution is 2.31. The first kappa shape index (κ1) is 15.3. The molecular formula is C16H23N5OS. The highest BCUT2D eigenvalue weighted by molar-refractivity contribution is 7.11. The van der Waals surface area contributed by atoms with Crippen molar-refractivity contribution >= 4 is 11.3 Å². The van der Waals surface area contributed by atoms with E-state index < -0.39 is 0 Å². The Bertz CT molecular complexity index is 696. The van der Waals surface area contributed by atoms with Crippen LogP contribution in [-0.4, -0.2) is 55.9 Å². The quantitative estimate of drug-likeness (QED) is 0.920. The molecular weight excluding hydrogens is 310 g/mol. The molecule has 124 valence electrons. The minimum atomic E-state index is -0.250. The van der Waals surface area contributed by atoms with E-state index in [9.17, 15) is 5.11 Å². The molecule has 0 bridgehead atoms. The second-order valence-electron chi connectivity index (χ2n) is 6.69. The van der Waals surface area contributed by atoms with Crippen molar-refractivity contribution in [1.82, 2.24) is 24.6 Å². The molecule has 0 spiro atoms. The van der Waals surface area contributed by atoms with Crippen LogP contribution >= 0.6 is 11.3 Å². The largest absolute Gasteiger partial charge is 0.392 e. The van der Waals surface area contributed by atoms with E-state index in [2.05, 4.69) is 50.7 Å². The molecule has 23 heavy (non-hydrogen) atoms. The van der Waals surface area contributed by atoms with Crippen LogP contribution in [0.3, 0.4) is 0 Å². The van der Waals surface area contributed by atoms with Crippen LogP contribution in [0.15, 0.2) is 12.1 Å². The minimum absolute atomic E-state index is 0.192. The second-order valence-corrected chi connectivity index (χ2v) is 8.07. The average Bonchev–Trinajstić information content (AvgIpc) is 3.18. The van der Waals surface area contributed by atoms with E-state index in [0.717, 1.165) is 50.8 Å². The standard InChI is InChI=1S/C16H23N5OS/c1-11-3-4-13(23-11)9-20-5-6-21-15(10-20)17-18-16(21)14-7-12(22)8-19(14)2/h3-4,12,14,22H,5-10H2,1-2H3/t12-,14+/m1/s1. The van der Waals surface area contributed by atoms with Gasteiger partial charge >= 0.3 is 0 Å². The number of β-amino-alcohol motifs (C(OH)–C–C–N with tert-alkyl or cyclic N) is 1. The van der Waals surface area contributed by atoms with Crippen molar-refractivity contribution in [2.24, 2.45) is 0 Å². The van der Waals surface area contributed by atoms with Crippen LogP contribution in [0.4, 0.5) is 0 Å². The van der Waals surface area contributed by atoms with E-state index in [0.29, 0.717) is 0 Å². The molecule has 2 atom stereocenters. The summed E-state index contributed by atoms with van der Waals surface area (Å²) in [5.41, 5.74) is 0. The van der Waals surface area contributed by atoms with E-state index >= 15 is 0 Å². The number of aliphatic hydroxyl groups excluding tert-OH is 1. The molecule has 0 saturated carbocycles. The lowest BCUT2D eigenvalue weighted by atomic mass is 10.2. The Morgan fingerprint density at radius 2 is 2.17 bits per heavy atom. The number of aromatic nitrogens is 3. The topological polar surface area (TPSA) is 57.4 Å². The molecule has 0 radical (unpaired) electrons. The molecule has 4 heterocycles. The van der Waals surface area contributed by atoms with Crippen molar-refractivity contribution in [3.63, 3.8) is 0 Å². The first-order chi connectivity index (χ1) is 11.1. The molecule has 2 aromatic rings. The van der Waals surface area contributed by atoms with Crippen molar-refractivity contribution in [2.75, 3.05) is 20.1 Å². The van der Waals surface area contributed by atoms with Gasteiger partial charge in [0.1, 0.15) is 5.82 Å². The van der Waals surface area contributed by atoms with Crippen LogP contribution in [0.1, 0.15) is 33.9 Å². The van der Waals surface area contributed by atoms with Gasteiger partial charge in [-0.25, -0.2) is 0 Å². The maximum atomic E-state index is 9.87. The molecule has 0 aliphatic carbocycles. The summed E-state index contributed by atoms with van der Waals surface area (Å²) in [5.74, 6) is 2.07. The number of hydrogen-bond donors (Lipinski definition) is 1. The second kappa shape index (κ2) is 5.98. The summed E-state index contributed by atoms with van der Waals surface area (Å²) in [4.78, 5) is 7.40. The third-order valence-corrected chi connectivity index (χ3v) is 5.85. The zero-order valence-electron chi connectivity index (χ0n) is 13.6. The maximum Gasteiger partial charge on any atom is 0.150 e. The van der Waals surface area contributed by atoms with Crippen molar-refractivity contribution in [3.05, 3.63) is 33.5 Å². The first-order valence-corrected chi connectivity index (χ1v) is 9.00. The zero-order valence-corrected chi connectivity index (χ0v) is 14.5. The molecule has 1 fully saturated rings. The number of likely N-dealkylation sites (N-methyl/N-ethyl adjacent to an activating group) is 1. The van der Waals surface area contributed by atoms with Gasteiger partial charge in [0.2, 0.25) is 0 Å². The van der Waals surface area contributed by atoms with Gasteiger partial charge < -0.3 is 9.67 Å². The highest BCUT2D eigenvalue weighted by atomic mass is 32.1.